The molecule has 1 N–H and O–H groups in total. The second-order valence-corrected chi connectivity index (χ2v) is 6.46. The fraction of sp³-hybridized carbons (Fsp3) is 0.294. The summed E-state index contributed by atoms with van der Waals surface area (Å²) >= 11 is 1.48. The molecule has 0 aliphatic heterocycles. The minimum atomic E-state index is 0.00226. The van der Waals surface area contributed by atoms with Crippen LogP contribution in [0.4, 0.5) is 5.13 Å². The number of fused-ring (bicyclic) bond motifs is 1. The Hall–Kier alpha value is -2.14. The molecule has 2 aromatic heterocycles. The van der Waals surface area contributed by atoms with Crippen LogP contribution in [0.25, 0.3) is 10.9 Å². The first-order valence-corrected chi connectivity index (χ1v) is 8.30. The predicted molar refractivity (Wildman–Crippen MR) is 91.4 cm³/mol. The van der Waals surface area contributed by atoms with Gasteiger partial charge in [-0.1, -0.05) is 32.0 Å². The maximum absolute atomic E-state index is 12.1. The van der Waals surface area contributed by atoms with Crippen LogP contribution in [0.1, 0.15) is 31.9 Å². The van der Waals surface area contributed by atoms with E-state index in [-0.39, 0.29) is 5.91 Å². The van der Waals surface area contributed by atoms with Crippen molar-refractivity contribution in [1.82, 2.24) is 9.55 Å². The van der Waals surface area contributed by atoms with Gasteiger partial charge in [-0.25, -0.2) is 4.98 Å². The van der Waals surface area contributed by atoms with Gasteiger partial charge in [0.15, 0.2) is 5.13 Å². The van der Waals surface area contributed by atoms with Crippen LogP contribution in [-0.4, -0.2) is 15.5 Å². The van der Waals surface area contributed by atoms with Gasteiger partial charge in [-0.05, 0) is 23.4 Å². The van der Waals surface area contributed by atoms with Gasteiger partial charge >= 0.3 is 0 Å². The zero-order valence-electron chi connectivity index (χ0n) is 12.7. The van der Waals surface area contributed by atoms with Crippen molar-refractivity contribution in [3.63, 3.8) is 0 Å². The van der Waals surface area contributed by atoms with E-state index in [1.165, 1.54) is 16.7 Å². The number of nitrogens with one attached hydrogen (secondary N) is 1. The molecule has 1 aromatic carbocycles. The minimum Gasteiger partial charge on any atom is -0.347 e. The van der Waals surface area contributed by atoms with Crippen LogP contribution in [0.5, 0.6) is 0 Å². The molecule has 0 aliphatic rings. The van der Waals surface area contributed by atoms with Crippen LogP contribution >= 0.6 is 11.3 Å². The number of anilines is 1. The highest BCUT2D eigenvalue weighted by atomic mass is 32.1. The lowest BCUT2D eigenvalue weighted by atomic mass is 10.2. The van der Waals surface area contributed by atoms with E-state index >= 15 is 0 Å². The molecule has 0 radical (unpaired) electrons. The Balaban J connectivity index is 1.60. The Labute approximate surface area is 133 Å². The topological polar surface area (TPSA) is 46.9 Å². The number of aryl methyl sites for hydroxylation is 1. The summed E-state index contributed by atoms with van der Waals surface area (Å²) in [6, 6.07) is 10.3. The first-order valence-electron chi connectivity index (χ1n) is 7.42. The SMILES string of the molecule is CC(C)c1csc(NC(=O)CCn2ccc3ccccc32)n1. The lowest BCUT2D eigenvalue weighted by Crippen LogP contribution is -2.14. The van der Waals surface area contributed by atoms with E-state index in [1.54, 1.807) is 0 Å². The maximum Gasteiger partial charge on any atom is 0.227 e. The van der Waals surface area contributed by atoms with Gasteiger partial charge in [0.2, 0.25) is 5.91 Å². The van der Waals surface area contributed by atoms with Gasteiger partial charge in [-0.15, -0.1) is 11.3 Å². The Morgan fingerprint density at radius 2 is 2.14 bits per heavy atom. The molecular formula is C17H19N3OS. The predicted octanol–water partition coefficient (Wildman–Crippen LogP) is 4.25. The van der Waals surface area contributed by atoms with Crippen LogP contribution in [0.15, 0.2) is 41.9 Å². The Bertz CT molecular complexity index is 788. The summed E-state index contributed by atoms with van der Waals surface area (Å²) in [7, 11) is 0. The van der Waals surface area contributed by atoms with E-state index in [4.69, 9.17) is 0 Å². The van der Waals surface area contributed by atoms with E-state index in [0.29, 0.717) is 24.0 Å². The maximum atomic E-state index is 12.1. The summed E-state index contributed by atoms with van der Waals surface area (Å²) in [6.07, 6.45) is 2.47. The third-order valence-corrected chi connectivity index (χ3v) is 4.40. The second kappa shape index (κ2) is 6.32. The monoisotopic (exact) mass is 313 g/mol. The molecule has 0 saturated heterocycles. The molecule has 1 amide bonds. The highest BCUT2D eigenvalue weighted by molar-refractivity contribution is 7.13. The molecule has 3 rings (SSSR count). The zero-order valence-corrected chi connectivity index (χ0v) is 13.6. The van der Waals surface area contributed by atoms with Crippen molar-refractivity contribution in [3.8, 4) is 0 Å². The van der Waals surface area contributed by atoms with Crippen LogP contribution in [0.2, 0.25) is 0 Å². The summed E-state index contributed by atoms with van der Waals surface area (Å²) in [4.78, 5) is 16.5. The van der Waals surface area contributed by atoms with Gasteiger partial charge in [-0.3, -0.25) is 4.79 Å². The van der Waals surface area contributed by atoms with Crippen LogP contribution in [-0.2, 0) is 11.3 Å². The molecule has 0 bridgehead atoms. The normalized spacial score (nSPS) is 11.2. The quantitative estimate of drug-likeness (QED) is 0.765. The van der Waals surface area contributed by atoms with E-state index in [1.807, 2.05) is 23.7 Å². The molecule has 3 aromatic rings. The molecule has 4 nitrogen and oxygen atoms in total. The molecule has 114 valence electrons. The Morgan fingerprint density at radius 3 is 2.91 bits per heavy atom. The zero-order chi connectivity index (χ0) is 15.5. The summed E-state index contributed by atoms with van der Waals surface area (Å²) in [5.74, 6) is 0.385. The molecule has 0 atom stereocenters. The number of nitrogens with zero attached hydrogens (tertiary/aromatic N) is 2. The molecule has 0 fully saturated rings. The van der Waals surface area contributed by atoms with Crippen molar-refractivity contribution < 1.29 is 4.79 Å². The van der Waals surface area contributed by atoms with E-state index in [0.717, 1.165) is 11.2 Å². The number of hydrogen-bond donors (Lipinski definition) is 1. The van der Waals surface area contributed by atoms with Gasteiger partial charge in [0, 0.05) is 30.1 Å². The van der Waals surface area contributed by atoms with Gasteiger partial charge < -0.3 is 9.88 Å². The van der Waals surface area contributed by atoms with Crippen molar-refractivity contribution in [2.24, 2.45) is 0 Å². The smallest absolute Gasteiger partial charge is 0.227 e. The van der Waals surface area contributed by atoms with E-state index in [2.05, 4.69) is 46.9 Å². The summed E-state index contributed by atoms with van der Waals surface area (Å²) in [6.45, 7) is 4.86. The number of para-hydroxylation sites is 1. The van der Waals surface area contributed by atoms with Gasteiger partial charge in [-0.2, -0.15) is 0 Å². The fourth-order valence-electron chi connectivity index (χ4n) is 2.35. The number of rotatable bonds is 5. The van der Waals surface area contributed by atoms with E-state index < -0.39 is 0 Å². The van der Waals surface area contributed by atoms with E-state index in [9.17, 15) is 4.79 Å². The first-order chi connectivity index (χ1) is 10.6. The summed E-state index contributed by atoms with van der Waals surface area (Å²) < 4.78 is 2.11. The molecule has 0 aliphatic carbocycles. The number of hydrogen-bond acceptors (Lipinski definition) is 3. The lowest BCUT2D eigenvalue weighted by molar-refractivity contribution is -0.116. The molecule has 0 saturated carbocycles. The molecular weight excluding hydrogens is 294 g/mol. The first kappa shape index (κ1) is 14.8. The molecule has 2 heterocycles. The van der Waals surface area contributed by atoms with Crippen molar-refractivity contribution in [3.05, 3.63) is 47.6 Å². The average molecular weight is 313 g/mol. The number of amides is 1. The Morgan fingerprint density at radius 1 is 1.32 bits per heavy atom. The van der Waals surface area contributed by atoms with Crippen LogP contribution in [0.3, 0.4) is 0 Å². The van der Waals surface area contributed by atoms with Crippen LogP contribution < -0.4 is 5.32 Å². The molecule has 0 spiro atoms. The summed E-state index contributed by atoms with van der Waals surface area (Å²) in [5, 5.41) is 6.77. The van der Waals surface area contributed by atoms with Crippen molar-refractivity contribution in [2.75, 3.05) is 5.32 Å². The molecule has 0 unspecified atom stereocenters. The third-order valence-electron chi connectivity index (χ3n) is 3.62. The standard InChI is InChI=1S/C17H19N3OS/c1-12(2)14-11-22-17(18-14)19-16(21)8-10-20-9-7-13-5-3-4-6-15(13)20/h3-7,9,11-12H,8,10H2,1-2H3,(H,18,19,21). The number of thiazole rings is 1. The third kappa shape index (κ3) is 3.20. The number of benzene rings is 1. The van der Waals surface area contributed by atoms with Crippen LogP contribution in [0, 0.1) is 0 Å². The van der Waals surface area contributed by atoms with Gasteiger partial charge in [0.25, 0.3) is 0 Å². The Kier molecular flexibility index (Phi) is 4.24. The summed E-state index contributed by atoms with van der Waals surface area (Å²) in [5.41, 5.74) is 2.18. The number of carbonyl (C=O) groups is 1. The fourth-order valence-corrected chi connectivity index (χ4v) is 3.24. The second-order valence-electron chi connectivity index (χ2n) is 5.60. The average Bonchev–Trinajstić information content (AvgIpc) is 3.12. The highest BCUT2D eigenvalue weighted by Crippen LogP contribution is 2.21. The molecule has 5 heteroatoms. The van der Waals surface area contributed by atoms with Crippen molar-refractivity contribution in [1.29, 1.82) is 0 Å². The molecule has 22 heavy (non-hydrogen) atoms. The minimum absolute atomic E-state index is 0.00226. The van der Waals surface area contributed by atoms with Gasteiger partial charge in [0.1, 0.15) is 0 Å². The number of carbonyl (C=O) groups excluding carboxylic acids is 1. The van der Waals surface area contributed by atoms with Crippen molar-refractivity contribution >= 4 is 33.3 Å². The largest absolute Gasteiger partial charge is 0.347 e. The lowest BCUT2D eigenvalue weighted by Gasteiger charge is -2.05. The highest BCUT2D eigenvalue weighted by Gasteiger charge is 2.09. The van der Waals surface area contributed by atoms with Crippen molar-refractivity contribution in [2.45, 2.75) is 32.7 Å². The number of aromatic nitrogens is 2. The van der Waals surface area contributed by atoms with Gasteiger partial charge in [0.05, 0.1) is 5.69 Å².